The first-order chi connectivity index (χ1) is 20.3. The van der Waals surface area contributed by atoms with Crippen LogP contribution in [0.5, 0.6) is 0 Å². The number of nitrogens with zero attached hydrogens (tertiary/aromatic N) is 3. The second-order valence-electron chi connectivity index (χ2n) is 10.5. The lowest BCUT2D eigenvalue weighted by atomic mass is 10.0. The van der Waals surface area contributed by atoms with Gasteiger partial charge in [-0.1, -0.05) is 97.1 Å². The maximum Gasteiger partial charge on any atom is 0.147 e. The lowest BCUT2D eigenvalue weighted by Crippen LogP contribution is -2.27. The first-order valence-electron chi connectivity index (χ1n) is 13.9. The molecule has 4 heteroatoms. The van der Waals surface area contributed by atoms with Gasteiger partial charge >= 0.3 is 0 Å². The summed E-state index contributed by atoms with van der Waals surface area (Å²) in [5, 5.41) is 6.10. The Hall–Kier alpha value is -4.93. The highest BCUT2D eigenvalue weighted by molar-refractivity contribution is 7.18. The van der Waals surface area contributed by atoms with Crippen molar-refractivity contribution in [1.29, 1.82) is 0 Å². The Morgan fingerprint density at radius 3 is 2.29 bits per heavy atom. The minimum absolute atomic E-state index is 0.115. The molecule has 3 heterocycles. The number of benzene rings is 5. The maximum absolute atomic E-state index is 5.32. The molecule has 7 aromatic rings. The van der Waals surface area contributed by atoms with Gasteiger partial charge in [0.15, 0.2) is 0 Å². The summed E-state index contributed by atoms with van der Waals surface area (Å²) in [6, 6.07) is 45.5. The molecule has 5 aromatic carbocycles. The summed E-state index contributed by atoms with van der Waals surface area (Å²) < 4.78 is 3.74. The van der Waals surface area contributed by atoms with Crippen molar-refractivity contribution >= 4 is 54.6 Å². The number of thiophene rings is 1. The van der Waals surface area contributed by atoms with Crippen molar-refractivity contribution in [3.8, 4) is 5.69 Å². The molecule has 1 atom stereocenters. The van der Waals surface area contributed by atoms with Crippen LogP contribution in [0, 0.1) is 0 Å². The Balaban J connectivity index is 1.33. The quantitative estimate of drug-likeness (QED) is 0.216. The number of allylic oxidation sites excluding steroid dienone is 1. The SMILES string of the molecule is CN1C(c2ccccc2)=CC(c2cccc(-n3c4ccccc4c4c5sccc5ccc43)c2)=NC1c1ccccc1. The molecule has 2 aromatic heterocycles. The van der Waals surface area contributed by atoms with Crippen LogP contribution in [-0.4, -0.2) is 22.2 Å². The normalized spacial score (nSPS) is 15.4. The summed E-state index contributed by atoms with van der Waals surface area (Å²) in [4.78, 5) is 7.59. The Morgan fingerprint density at radius 1 is 0.683 bits per heavy atom. The second-order valence-corrected chi connectivity index (χ2v) is 11.4. The molecule has 0 amide bonds. The van der Waals surface area contributed by atoms with Crippen LogP contribution in [0.3, 0.4) is 0 Å². The van der Waals surface area contributed by atoms with Crippen LogP contribution in [0.2, 0.25) is 0 Å². The number of fused-ring (bicyclic) bond motifs is 5. The third-order valence-corrected chi connectivity index (χ3v) is 9.05. The molecule has 0 saturated heterocycles. The van der Waals surface area contributed by atoms with Gasteiger partial charge in [-0.15, -0.1) is 11.3 Å². The van der Waals surface area contributed by atoms with E-state index in [2.05, 4.69) is 155 Å². The highest BCUT2D eigenvalue weighted by atomic mass is 32.1. The van der Waals surface area contributed by atoms with Gasteiger partial charge in [-0.2, -0.15) is 0 Å². The predicted octanol–water partition coefficient (Wildman–Crippen LogP) is 9.47. The molecule has 1 aliphatic heterocycles. The maximum atomic E-state index is 5.32. The summed E-state index contributed by atoms with van der Waals surface area (Å²) in [7, 11) is 2.14. The zero-order valence-electron chi connectivity index (χ0n) is 22.6. The van der Waals surface area contributed by atoms with Crippen molar-refractivity contribution in [3.05, 3.63) is 156 Å². The zero-order chi connectivity index (χ0) is 27.3. The standard InChI is InChI=1S/C37H27N3S/c1-39-34(25-11-4-2-5-12-25)24-31(38-37(39)27-13-6-3-7-14-27)28-15-10-16-29(23-28)40-32-18-9-8-17-30(32)35-33(40)20-19-26-21-22-41-36(26)35/h2-24,37H,1H3. The fourth-order valence-corrected chi connectivity index (χ4v) is 7.11. The molecule has 0 bridgehead atoms. The van der Waals surface area contributed by atoms with Crippen LogP contribution in [0.15, 0.2) is 144 Å². The molecule has 0 spiro atoms. The lowest BCUT2D eigenvalue weighted by molar-refractivity contribution is 0.364. The smallest absolute Gasteiger partial charge is 0.147 e. The summed E-state index contributed by atoms with van der Waals surface area (Å²) in [6.07, 6.45) is 2.12. The topological polar surface area (TPSA) is 20.5 Å². The van der Waals surface area contributed by atoms with E-state index in [-0.39, 0.29) is 6.17 Å². The van der Waals surface area contributed by atoms with E-state index >= 15 is 0 Å². The Morgan fingerprint density at radius 2 is 1.44 bits per heavy atom. The number of hydrogen-bond acceptors (Lipinski definition) is 3. The van der Waals surface area contributed by atoms with Crippen LogP contribution < -0.4 is 0 Å². The largest absolute Gasteiger partial charge is 0.349 e. The molecule has 1 aliphatic rings. The highest BCUT2D eigenvalue weighted by Crippen LogP contribution is 2.39. The predicted molar refractivity (Wildman–Crippen MR) is 174 cm³/mol. The Kier molecular flexibility index (Phi) is 5.61. The second kappa shape index (κ2) is 9.61. The van der Waals surface area contributed by atoms with Crippen molar-refractivity contribution < 1.29 is 0 Å². The molecule has 196 valence electrons. The van der Waals surface area contributed by atoms with Gasteiger partial charge in [-0.25, -0.2) is 0 Å². The Bertz CT molecular complexity index is 2120. The molecule has 0 N–H and O–H groups in total. The van der Waals surface area contributed by atoms with Gasteiger partial charge in [-0.3, -0.25) is 4.99 Å². The molecule has 8 rings (SSSR count). The summed E-state index contributed by atoms with van der Waals surface area (Å²) in [5.41, 5.74) is 9.19. The van der Waals surface area contributed by atoms with Crippen molar-refractivity contribution in [2.75, 3.05) is 7.05 Å². The number of aliphatic imine (C=N–C) groups is 1. The van der Waals surface area contributed by atoms with Crippen LogP contribution in [0.1, 0.15) is 22.9 Å². The molecule has 3 nitrogen and oxygen atoms in total. The number of aromatic nitrogens is 1. The third kappa shape index (κ3) is 3.91. The highest BCUT2D eigenvalue weighted by Gasteiger charge is 2.25. The van der Waals surface area contributed by atoms with Crippen molar-refractivity contribution in [2.24, 2.45) is 4.99 Å². The van der Waals surface area contributed by atoms with Gasteiger partial charge in [0.05, 0.1) is 16.7 Å². The third-order valence-electron chi connectivity index (χ3n) is 8.10. The number of para-hydroxylation sites is 1. The van der Waals surface area contributed by atoms with E-state index in [0.717, 1.165) is 22.7 Å². The van der Waals surface area contributed by atoms with Gasteiger partial charge in [-0.05, 0) is 58.3 Å². The van der Waals surface area contributed by atoms with Gasteiger partial charge in [0.1, 0.15) is 6.17 Å². The van der Waals surface area contributed by atoms with Gasteiger partial charge < -0.3 is 9.47 Å². The first-order valence-corrected chi connectivity index (χ1v) is 14.8. The Labute approximate surface area is 242 Å². The van der Waals surface area contributed by atoms with Crippen LogP contribution in [-0.2, 0) is 0 Å². The number of hydrogen-bond donors (Lipinski definition) is 0. The van der Waals surface area contributed by atoms with Gasteiger partial charge in [0.2, 0.25) is 0 Å². The molecule has 0 fully saturated rings. The fourth-order valence-electron chi connectivity index (χ4n) is 6.16. The van der Waals surface area contributed by atoms with Crippen LogP contribution in [0.4, 0.5) is 0 Å². The van der Waals surface area contributed by atoms with Crippen molar-refractivity contribution in [3.63, 3.8) is 0 Å². The summed E-state index contributed by atoms with van der Waals surface area (Å²) in [5.74, 6) is 0. The molecule has 0 aliphatic carbocycles. The average Bonchev–Trinajstić information content (AvgIpc) is 3.65. The van der Waals surface area contributed by atoms with Crippen molar-refractivity contribution in [1.82, 2.24) is 9.47 Å². The van der Waals surface area contributed by atoms with Crippen molar-refractivity contribution in [2.45, 2.75) is 6.17 Å². The van der Waals surface area contributed by atoms with Gasteiger partial charge in [0.25, 0.3) is 0 Å². The number of rotatable bonds is 4. The molecule has 0 saturated carbocycles. The van der Waals surface area contributed by atoms with E-state index in [1.54, 1.807) is 0 Å². The molecule has 41 heavy (non-hydrogen) atoms. The van der Waals surface area contributed by atoms with Gasteiger partial charge in [0, 0.05) is 39.5 Å². The fraction of sp³-hybridized carbons (Fsp3) is 0.0541. The van der Waals surface area contributed by atoms with E-state index < -0.39 is 0 Å². The van der Waals surface area contributed by atoms with E-state index in [1.165, 1.54) is 43.0 Å². The molecule has 0 radical (unpaired) electrons. The monoisotopic (exact) mass is 545 g/mol. The summed E-state index contributed by atoms with van der Waals surface area (Å²) in [6.45, 7) is 0. The van der Waals surface area contributed by atoms with E-state index in [9.17, 15) is 0 Å². The lowest BCUT2D eigenvalue weighted by Gasteiger charge is -2.34. The van der Waals surface area contributed by atoms with Crippen LogP contribution >= 0.6 is 11.3 Å². The molecular formula is C37H27N3S. The minimum Gasteiger partial charge on any atom is -0.349 e. The van der Waals surface area contributed by atoms with E-state index in [1.807, 2.05) is 11.3 Å². The minimum atomic E-state index is -0.115. The zero-order valence-corrected chi connectivity index (χ0v) is 23.4. The average molecular weight is 546 g/mol. The van der Waals surface area contributed by atoms with E-state index in [0.29, 0.717) is 0 Å². The molecule has 1 unspecified atom stereocenters. The van der Waals surface area contributed by atoms with Crippen LogP contribution in [0.25, 0.3) is 43.3 Å². The van der Waals surface area contributed by atoms with E-state index in [4.69, 9.17) is 4.99 Å². The summed E-state index contributed by atoms with van der Waals surface area (Å²) >= 11 is 1.82. The first kappa shape index (κ1) is 23.9. The molecular weight excluding hydrogens is 518 g/mol.